The number of hydrogen-bond acceptors (Lipinski definition) is 6. The summed E-state index contributed by atoms with van der Waals surface area (Å²) in [5, 5.41) is 5.43. The van der Waals surface area contributed by atoms with Gasteiger partial charge in [0, 0.05) is 35.3 Å². The quantitative estimate of drug-likeness (QED) is 0.461. The number of halogens is 2. The second kappa shape index (κ2) is 9.18. The molecule has 4 heterocycles. The number of anilines is 1. The molecule has 0 radical (unpaired) electrons. The zero-order valence-corrected chi connectivity index (χ0v) is 21.0. The Morgan fingerprint density at radius 2 is 1.92 bits per heavy atom. The van der Waals surface area contributed by atoms with Crippen LogP contribution >= 0.6 is 0 Å². The van der Waals surface area contributed by atoms with Crippen LogP contribution in [0.25, 0.3) is 16.6 Å². The van der Waals surface area contributed by atoms with Crippen molar-refractivity contribution in [3.63, 3.8) is 0 Å². The second-order valence-electron chi connectivity index (χ2n) is 10.6. The molecule has 0 spiro atoms. The summed E-state index contributed by atoms with van der Waals surface area (Å²) in [6.45, 7) is 7.34. The van der Waals surface area contributed by atoms with Gasteiger partial charge in [0.25, 0.3) is 0 Å². The van der Waals surface area contributed by atoms with E-state index in [9.17, 15) is 8.78 Å². The average Bonchev–Trinajstić information content (AvgIpc) is 3.60. The molecule has 0 bridgehead atoms. The fourth-order valence-electron chi connectivity index (χ4n) is 5.27. The third-order valence-electron chi connectivity index (χ3n) is 7.69. The first kappa shape index (κ1) is 23.5. The van der Waals surface area contributed by atoms with Crippen molar-refractivity contribution in [3.8, 4) is 0 Å². The molecule has 7 nitrogen and oxygen atoms in total. The number of hydrogen-bond donors (Lipinski definition) is 0. The van der Waals surface area contributed by atoms with Crippen LogP contribution in [0.5, 0.6) is 0 Å². The van der Waals surface area contributed by atoms with Crippen molar-refractivity contribution in [3.05, 3.63) is 47.1 Å². The predicted molar refractivity (Wildman–Crippen MR) is 134 cm³/mol. The van der Waals surface area contributed by atoms with Gasteiger partial charge in [-0.25, -0.2) is 18.7 Å². The number of nitrogens with zero attached hydrogens (tertiary/aromatic N) is 6. The standard InChI is InChI=1S/C27H32F2N6O/c1-15-10-22-24(18-4-6-19(7-5-18)25(28)29)32-27(33-26(22)31-17(15)3)34-12-16(2)36-23(14-34)20-11-30-35(13-20)21-8-9-21/h4,10-11,13,16,19,21,23,25H,5-9,12,14H2,1-3H3/t16-,19?,23+/m1/s1. The number of aryl methyl sites for hydroxylation is 2. The van der Waals surface area contributed by atoms with Crippen LogP contribution in [0.1, 0.15) is 73.7 Å². The van der Waals surface area contributed by atoms with Gasteiger partial charge in [0.2, 0.25) is 12.4 Å². The number of aromatic nitrogens is 5. The Morgan fingerprint density at radius 1 is 1.08 bits per heavy atom. The van der Waals surface area contributed by atoms with E-state index in [2.05, 4.69) is 29.2 Å². The van der Waals surface area contributed by atoms with Gasteiger partial charge in [-0.05, 0) is 70.1 Å². The molecule has 3 aromatic heterocycles. The third kappa shape index (κ3) is 4.49. The smallest absolute Gasteiger partial charge is 0.241 e. The van der Waals surface area contributed by atoms with Gasteiger partial charge in [-0.1, -0.05) is 6.08 Å². The van der Waals surface area contributed by atoms with E-state index in [0.29, 0.717) is 50.0 Å². The van der Waals surface area contributed by atoms with Crippen LogP contribution in [-0.4, -0.2) is 50.4 Å². The molecular weight excluding hydrogens is 462 g/mol. The fourth-order valence-corrected chi connectivity index (χ4v) is 5.27. The first-order valence-corrected chi connectivity index (χ1v) is 12.9. The number of fused-ring (bicyclic) bond motifs is 1. The number of ether oxygens (including phenoxy) is 1. The summed E-state index contributed by atoms with van der Waals surface area (Å²) in [4.78, 5) is 16.9. The number of rotatable bonds is 5. The lowest BCUT2D eigenvalue weighted by Crippen LogP contribution is -2.43. The zero-order valence-electron chi connectivity index (χ0n) is 21.0. The minimum absolute atomic E-state index is 0.0100. The van der Waals surface area contributed by atoms with Crippen LogP contribution in [-0.2, 0) is 4.74 Å². The van der Waals surface area contributed by atoms with E-state index >= 15 is 0 Å². The van der Waals surface area contributed by atoms with Gasteiger partial charge >= 0.3 is 0 Å². The van der Waals surface area contributed by atoms with Gasteiger partial charge in [0.15, 0.2) is 5.65 Å². The molecule has 0 N–H and O–H groups in total. The highest BCUT2D eigenvalue weighted by atomic mass is 19.3. The normalized spacial score (nSPS) is 25.0. The lowest BCUT2D eigenvalue weighted by atomic mass is 9.87. The Morgan fingerprint density at radius 3 is 2.64 bits per heavy atom. The molecular formula is C27H32F2N6O. The topological polar surface area (TPSA) is 69.0 Å². The van der Waals surface area contributed by atoms with Gasteiger partial charge in [-0.3, -0.25) is 4.68 Å². The molecule has 3 aliphatic rings. The first-order chi connectivity index (χ1) is 17.4. The van der Waals surface area contributed by atoms with Gasteiger partial charge < -0.3 is 9.64 Å². The molecule has 2 fully saturated rings. The molecule has 1 aliphatic heterocycles. The fraction of sp³-hybridized carbons (Fsp3) is 0.556. The molecule has 190 valence electrons. The largest absolute Gasteiger partial charge is 0.367 e. The molecule has 3 atom stereocenters. The van der Waals surface area contributed by atoms with Crippen molar-refractivity contribution in [1.29, 1.82) is 0 Å². The molecule has 9 heteroatoms. The molecule has 1 saturated carbocycles. The van der Waals surface area contributed by atoms with Crippen LogP contribution in [0.15, 0.2) is 24.5 Å². The van der Waals surface area contributed by atoms with Crippen LogP contribution in [0.2, 0.25) is 0 Å². The maximum Gasteiger partial charge on any atom is 0.241 e. The number of alkyl halides is 2. The second-order valence-corrected chi connectivity index (χ2v) is 10.6. The van der Waals surface area contributed by atoms with Crippen molar-refractivity contribution in [2.45, 2.75) is 77.6 Å². The van der Waals surface area contributed by atoms with E-state index in [-0.39, 0.29) is 12.2 Å². The summed E-state index contributed by atoms with van der Waals surface area (Å²) in [5.41, 5.74) is 5.53. The monoisotopic (exact) mass is 494 g/mol. The van der Waals surface area contributed by atoms with Crippen LogP contribution < -0.4 is 4.90 Å². The van der Waals surface area contributed by atoms with Crippen molar-refractivity contribution in [2.24, 2.45) is 5.92 Å². The summed E-state index contributed by atoms with van der Waals surface area (Å²) in [7, 11) is 0. The number of pyridine rings is 1. The summed E-state index contributed by atoms with van der Waals surface area (Å²) in [6.07, 6.45) is 7.30. The van der Waals surface area contributed by atoms with E-state index in [1.54, 1.807) is 0 Å². The number of morpholine rings is 1. The minimum Gasteiger partial charge on any atom is -0.367 e. The zero-order chi connectivity index (χ0) is 25.0. The Hall–Kier alpha value is -2.94. The minimum atomic E-state index is -2.29. The van der Waals surface area contributed by atoms with Gasteiger partial charge in [0.1, 0.15) is 6.10 Å². The van der Waals surface area contributed by atoms with E-state index in [4.69, 9.17) is 19.7 Å². The van der Waals surface area contributed by atoms with E-state index < -0.39 is 12.3 Å². The van der Waals surface area contributed by atoms with Crippen LogP contribution in [0.4, 0.5) is 14.7 Å². The van der Waals surface area contributed by atoms with Crippen molar-refractivity contribution in [1.82, 2.24) is 24.7 Å². The molecule has 1 unspecified atom stereocenters. The molecule has 0 amide bonds. The summed E-state index contributed by atoms with van der Waals surface area (Å²) in [5.74, 6) is 0.0284. The molecule has 3 aromatic rings. The van der Waals surface area contributed by atoms with Crippen molar-refractivity contribution < 1.29 is 13.5 Å². The summed E-state index contributed by atoms with van der Waals surface area (Å²) in [6, 6.07) is 2.60. The van der Waals surface area contributed by atoms with Crippen molar-refractivity contribution in [2.75, 3.05) is 18.0 Å². The number of allylic oxidation sites excluding steroid dienone is 2. The van der Waals surface area contributed by atoms with Crippen molar-refractivity contribution >= 4 is 22.6 Å². The molecule has 0 aromatic carbocycles. The highest BCUT2D eigenvalue weighted by Gasteiger charge is 2.32. The Balaban J connectivity index is 1.37. The van der Waals surface area contributed by atoms with Gasteiger partial charge in [-0.15, -0.1) is 0 Å². The maximum atomic E-state index is 13.3. The van der Waals surface area contributed by atoms with E-state index in [0.717, 1.165) is 33.5 Å². The van der Waals surface area contributed by atoms with Crippen LogP contribution in [0, 0.1) is 19.8 Å². The highest BCUT2D eigenvalue weighted by molar-refractivity contribution is 5.89. The Bertz CT molecular complexity index is 1320. The van der Waals surface area contributed by atoms with E-state index in [1.807, 2.05) is 30.8 Å². The van der Waals surface area contributed by atoms with Gasteiger partial charge in [0.05, 0.1) is 30.6 Å². The average molecular weight is 495 g/mol. The summed E-state index contributed by atoms with van der Waals surface area (Å²) >= 11 is 0. The molecule has 36 heavy (non-hydrogen) atoms. The lowest BCUT2D eigenvalue weighted by Gasteiger charge is -2.36. The lowest BCUT2D eigenvalue weighted by molar-refractivity contribution is -0.0178. The Kier molecular flexibility index (Phi) is 5.98. The highest BCUT2D eigenvalue weighted by Crippen LogP contribution is 2.38. The molecule has 6 rings (SSSR count). The summed E-state index contributed by atoms with van der Waals surface area (Å²) < 4.78 is 34.9. The first-order valence-electron chi connectivity index (χ1n) is 12.9. The van der Waals surface area contributed by atoms with Gasteiger partial charge in [-0.2, -0.15) is 10.1 Å². The maximum absolute atomic E-state index is 13.3. The molecule has 2 aliphatic carbocycles. The molecule has 1 saturated heterocycles. The Labute approximate surface area is 209 Å². The SMILES string of the molecule is Cc1cc2c(C3=CCC(C(F)F)CC3)nc(N3C[C@@H](C)O[C@H](c4cnn(C5CC5)c4)C3)nc2nc1C. The van der Waals surface area contributed by atoms with E-state index in [1.165, 1.54) is 12.8 Å². The van der Waals surface area contributed by atoms with Crippen LogP contribution in [0.3, 0.4) is 0 Å². The predicted octanol–water partition coefficient (Wildman–Crippen LogP) is 5.59. The third-order valence-corrected chi connectivity index (χ3v) is 7.69.